The fourth-order valence-electron chi connectivity index (χ4n) is 2.57. The molecule has 29 heavy (non-hydrogen) atoms. The second-order valence-corrected chi connectivity index (χ2v) is 6.00. The van der Waals surface area contributed by atoms with Gasteiger partial charge in [0.15, 0.2) is 23.0 Å². The Morgan fingerprint density at radius 1 is 1.10 bits per heavy atom. The number of hydrogen-bond donors (Lipinski definition) is 2. The van der Waals surface area contributed by atoms with Crippen molar-refractivity contribution < 1.29 is 28.5 Å². The van der Waals surface area contributed by atoms with Crippen LogP contribution in [-0.4, -0.2) is 32.3 Å². The van der Waals surface area contributed by atoms with Crippen molar-refractivity contribution in [3.8, 4) is 29.1 Å². The van der Waals surface area contributed by atoms with Crippen molar-refractivity contribution in [2.45, 2.75) is 12.8 Å². The van der Waals surface area contributed by atoms with Crippen LogP contribution in [0.2, 0.25) is 0 Å². The largest absolute Gasteiger partial charge is 0.493 e. The van der Waals surface area contributed by atoms with Crippen molar-refractivity contribution in [3.05, 3.63) is 47.5 Å². The summed E-state index contributed by atoms with van der Waals surface area (Å²) in [5.41, 5.74) is 5.51. The van der Waals surface area contributed by atoms with Crippen LogP contribution in [0.1, 0.15) is 28.8 Å². The average Bonchev–Trinajstić information content (AvgIpc) is 3.22. The summed E-state index contributed by atoms with van der Waals surface area (Å²) in [6.07, 6.45) is 0.578. The molecule has 0 bridgehead atoms. The maximum Gasteiger partial charge on any atom is 0.269 e. The molecular weight excluding hydrogens is 378 g/mol. The maximum absolute atomic E-state index is 12.1. The van der Waals surface area contributed by atoms with Crippen LogP contribution in [0.5, 0.6) is 23.0 Å². The molecule has 0 aromatic heterocycles. The third kappa shape index (κ3) is 5.07. The lowest BCUT2D eigenvalue weighted by Gasteiger charge is -2.11. The van der Waals surface area contributed by atoms with E-state index in [0.717, 1.165) is 0 Å². The normalized spacial score (nSPS) is 11.3. The van der Waals surface area contributed by atoms with E-state index < -0.39 is 5.91 Å². The van der Waals surface area contributed by atoms with E-state index in [2.05, 4.69) is 10.9 Å². The zero-order valence-electron chi connectivity index (χ0n) is 15.7. The molecule has 9 heteroatoms. The fraction of sp³-hybridized carbons (Fsp3) is 0.250. The molecule has 9 nitrogen and oxygen atoms in total. The molecule has 0 fully saturated rings. The van der Waals surface area contributed by atoms with Gasteiger partial charge in [0, 0.05) is 18.1 Å². The van der Waals surface area contributed by atoms with E-state index in [1.165, 1.54) is 7.11 Å². The summed E-state index contributed by atoms with van der Waals surface area (Å²) in [5, 5.41) is 8.89. The van der Waals surface area contributed by atoms with Gasteiger partial charge in [0.1, 0.15) is 0 Å². The molecule has 2 N–H and O–H groups in total. The standard InChI is InChI=1S/C20H19N3O6/c1-26-17-9-13(11-21)4-6-15(17)27-8-2-3-19(24)22-23-20(25)14-5-7-16-18(10-14)29-12-28-16/h4-7,9-10H,2-3,8,12H2,1H3,(H,22,24)(H,23,25). The molecule has 2 aromatic rings. The number of ether oxygens (including phenoxy) is 4. The van der Waals surface area contributed by atoms with Gasteiger partial charge in [-0.05, 0) is 36.8 Å². The number of amides is 2. The molecule has 0 unspecified atom stereocenters. The first kappa shape index (κ1) is 19.8. The van der Waals surface area contributed by atoms with E-state index in [1.54, 1.807) is 36.4 Å². The molecule has 0 radical (unpaired) electrons. The Hall–Kier alpha value is -3.93. The molecule has 1 aliphatic heterocycles. The Morgan fingerprint density at radius 3 is 2.72 bits per heavy atom. The first-order chi connectivity index (χ1) is 14.1. The van der Waals surface area contributed by atoms with Crippen LogP contribution in [0.3, 0.4) is 0 Å². The van der Waals surface area contributed by atoms with Crippen molar-refractivity contribution >= 4 is 11.8 Å². The molecule has 2 amide bonds. The summed E-state index contributed by atoms with van der Waals surface area (Å²) >= 11 is 0. The van der Waals surface area contributed by atoms with Gasteiger partial charge in [-0.1, -0.05) is 0 Å². The number of nitriles is 1. The summed E-state index contributed by atoms with van der Waals surface area (Å²) in [6.45, 7) is 0.388. The Morgan fingerprint density at radius 2 is 1.93 bits per heavy atom. The highest BCUT2D eigenvalue weighted by Crippen LogP contribution is 2.32. The van der Waals surface area contributed by atoms with Crippen LogP contribution < -0.4 is 29.8 Å². The molecule has 2 aromatic carbocycles. The van der Waals surface area contributed by atoms with Gasteiger partial charge in [-0.15, -0.1) is 0 Å². The molecule has 0 saturated carbocycles. The number of methoxy groups -OCH3 is 1. The number of hydrogen-bond acceptors (Lipinski definition) is 7. The molecule has 3 rings (SSSR count). The summed E-state index contributed by atoms with van der Waals surface area (Å²) in [7, 11) is 1.49. The van der Waals surface area contributed by atoms with Gasteiger partial charge in [0.25, 0.3) is 5.91 Å². The van der Waals surface area contributed by atoms with Gasteiger partial charge in [0.2, 0.25) is 12.7 Å². The maximum atomic E-state index is 12.1. The SMILES string of the molecule is COc1cc(C#N)ccc1OCCCC(=O)NNC(=O)c1ccc2c(c1)OCO2. The van der Waals surface area contributed by atoms with E-state index in [-0.39, 0.29) is 25.7 Å². The molecule has 0 atom stereocenters. The van der Waals surface area contributed by atoms with E-state index in [9.17, 15) is 9.59 Å². The summed E-state index contributed by atoms with van der Waals surface area (Å²) < 4.78 is 21.2. The molecule has 0 saturated heterocycles. The Balaban J connectivity index is 1.39. The topological polar surface area (TPSA) is 119 Å². The fourth-order valence-corrected chi connectivity index (χ4v) is 2.57. The third-order valence-corrected chi connectivity index (χ3v) is 4.05. The van der Waals surface area contributed by atoms with Gasteiger partial charge < -0.3 is 18.9 Å². The number of carbonyl (C=O) groups excluding carboxylic acids is 2. The molecule has 150 valence electrons. The molecule has 1 aliphatic rings. The van der Waals surface area contributed by atoms with Crippen LogP contribution in [0, 0.1) is 11.3 Å². The van der Waals surface area contributed by atoms with Gasteiger partial charge in [0.05, 0.1) is 25.3 Å². The third-order valence-electron chi connectivity index (χ3n) is 4.05. The molecule has 1 heterocycles. The molecular formula is C20H19N3O6. The monoisotopic (exact) mass is 397 g/mol. The van der Waals surface area contributed by atoms with Crippen LogP contribution in [0.4, 0.5) is 0 Å². The number of benzene rings is 2. The van der Waals surface area contributed by atoms with Crippen LogP contribution in [0.15, 0.2) is 36.4 Å². The lowest BCUT2D eigenvalue weighted by molar-refractivity contribution is -0.122. The van der Waals surface area contributed by atoms with Gasteiger partial charge >= 0.3 is 0 Å². The Bertz CT molecular complexity index is 954. The first-order valence-corrected chi connectivity index (χ1v) is 8.80. The van der Waals surface area contributed by atoms with Gasteiger partial charge in [-0.2, -0.15) is 5.26 Å². The zero-order chi connectivity index (χ0) is 20.6. The predicted molar refractivity (Wildman–Crippen MR) is 101 cm³/mol. The minimum Gasteiger partial charge on any atom is -0.493 e. The lowest BCUT2D eigenvalue weighted by Crippen LogP contribution is -2.41. The number of nitrogens with one attached hydrogen (secondary N) is 2. The second-order valence-electron chi connectivity index (χ2n) is 6.00. The quantitative estimate of drug-likeness (QED) is 0.541. The van der Waals surface area contributed by atoms with Crippen molar-refractivity contribution in [1.82, 2.24) is 10.9 Å². The van der Waals surface area contributed by atoms with Gasteiger partial charge in [-0.25, -0.2) is 0 Å². The minimum absolute atomic E-state index is 0.119. The summed E-state index contributed by atoms with van der Waals surface area (Å²) in [5.74, 6) is 1.18. The van der Waals surface area contributed by atoms with E-state index in [4.69, 9.17) is 24.2 Å². The second kappa shape index (κ2) is 9.32. The number of hydrazine groups is 1. The lowest BCUT2D eigenvalue weighted by atomic mass is 10.2. The van der Waals surface area contributed by atoms with Crippen LogP contribution >= 0.6 is 0 Å². The van der Waals surface area contributed by atoms with E-state index in [1.807, 2.05) is 6.07 Å². The average molecular weight is 397 g/mol. The highest BCUT2D eigenvalue weighted by atomic mass is 16.7. The van der Waals surface area contributed by atoms with Crippen LogP contribution in [0.25, 0.3) is 0 Å². The Kier molecular flexibility index (Phi) is 6.37. The zero-order valence-corrected chi connectivity index (χ0v) is 15.7. The van der Waals surface area contributed by atoms with Crippen molar-refractivity contribution in [2.75, 3.05) is 20.5 Å². The molecule has 0 spiro atoms. The summed E-state index contributed by atoms with van der Waals surface area (Å²) in [6, 6.07) is 11.6. The molecule has 0 aliphatic carbocycles. The Labute approximate surface area is 167 Å². The summed E-state index contributed by atoms with van der Waals surface area (Å²) in [4.78, 5) is 24.0. The van der Waals surface area contributed by atoms with Gasteiger partial charge in [-0.3, -0.25) is 20.4 Å². The number of nitrogens with zero attached hydrogens (tertiary/aromatic N) is 1. The first-order valence-electron chi connectivity index (χ1n) is 8.80. The minimum atomic E-state index is -0.463. The van der Waals surface area contributed by atoms with E-state index >= 15 is 0 Å². The van der Waals surface area contributed by atoms with Crippen molar-refractivity contribution in [3.63, 3.8) is 0 Å². The van der Waals surface area contributed by atoms with E-state index in [0.29, 0.717) is 40.5 Å². The number of fused-ring (bicyclic) bond motifs is 1. The van der Waals surface area contributed by atoms with Crippen LogP contribution in [-0.2, 0) is 4.79 Å². The predicted octanol–water partition coefficient (Wildman–Crippen LogP) is 1.92. The number of rotatable bonds is 7. The highest BCUT2D eigenvalue weighted by molar-refractivity contribution is 5.96. The smallest absolute Gasteiger partial charge is 0.269 e. The number of carbonyl (C=O) groups is 2. The highest BCUT2D eigenvalue weighted by Gasteiger charge is 2.16. The van der Waals surface area contributed by atoms with Crippen molar-refractivity contribution in [1.29, 1.82) is 5.26 Å². The van der Waals surface area contributed by atoms with Crippen molar-refractivity contribution in [2.24, 2.45) is 0 Å².